The van der Waals surface area contributed by atoms with Gasteiger partial charge in [0.2, 0.25) is 0 Å². The minimum absolute atomic E-state index is 0.0623. The lowest BCUT2D eigenvalue weighted by atomic mass is 10.1. The molecule has 0 bridgehead atoms. The van der Waals surface area contributed by atoms with Gasteiger partial charge in [0.25, 0.3) is 5.69 Å². The number of carboxylic acid groups (broad SMARTS) is 1. The molecule has 0 aliphatic rings. The van der Waals surface area contributed by atoms with Crippen LogP contribution in [0.15, 0.2) is 12.1 Å². The number of aromatic carboxylic acids is 1. The maximum Gasteiger partial charge on any atom is 0.339 e. The SMILES string of the molecule is C[Si](C)(C)CCOCOc1c(C(=O)O)ccc([N+](=O)[O-])c1COCC[Si](C)(C)C. The highest BCUT2D eigenvalue weighted by atomic mass is 28.3. The largest absolute Gasteiger partial charge is 0.478 e. The van der Waals surface area contributed by atoms with Gasteiger partial charge in [-0.1, -0.05) is 39.3 Å². The highest BCUT2D eigenvalue weighted by molar-refractivity contribution is 6.76. The average Bonchev–Trinajstić information content (AvgIpc) is 2.56. The molecule has 8 nitrogen and oxygen atoms in total. The molecule has 10 heteroatoms. The number of rotatable bonds is 13. The van der Waals surface area contributed by atoms with Crippen molar-refractivity contribution >= 4 is 27.8 Å². The monoisotopic (exact) mass is 443 g/mol. The Balaban J connectivity index is 2.99. The molecular formula is C19H33NO7Si2. The van der Waals surface area contributed by atoms with Crippen molar-refractivity contribution in [3.8, 4) is 5.75 Å². The first-order valence-corrected chi connectivity index (χ1v) is 17.0. The van der Waals surface area contributed by atoms with Crippen LogP contribution in [-0.2, 0) is 16.1 Å². The molecule has 0 aromatic heterocycles. The number of hydrogen-bond donors (Lipinski definition) is 1. The smallest absolute Gasteiger partial charge is 0.339 e. The average molecular weight is 444 g/mol. The number of nitro groups is 1. The van der Waals surface area contributed by atoms with Gasteiger partial charge in [-0.15, -0.1) is 0 Å². The van der Waals surface area contributed by atoms with Gasteiger partial charge < -0.3 is 19.3 Å². The quantitative estimate of drug-likeness (QED) is 0.153. The maximum absolute atomic E-state index is 11.6. The fraction of sp³-hybridized carbons (Fsp3) is 0.632. The summed E-state index contributed by atoms with van der Waals surface area (Å²) in [7, 11) is -2.59. The van der Waals surface area contributed by atoms with E-state index in [9.17, 15) is 20.0 Å². The Morgan fingerprint density at radius 1 is 1.03 bits per heavy atom. The fourth-order valence-corrected chi connectivity index (χ4v) is 3.87. The molecule has 0 aliphatic heterocycles. The third-order valence-electron chi connectivity index (χ3n) is 4.19. The number of nitro benzene ring substituents is 1. The summed E-state index contributed by atoms with van der Waals surface area (Å²) in [5.41, 5.74) is -0.243. The van der Waals surface area contributed by atoms with Crippen LogP contribution in [0.4, 0.5) is 5.69 Å². The molecule has 1 N–H and O–H groups in total. The van der Waals surface area contributed by atoms with Gasteiger partial charge in [-0.25, -0.2) is 4.79 Å². The molecule has 0 heterocycles. The van der Waals surface area contributed by atoms with Crippen molar-refractivity contribution in [3.63, 3.8) is 0 Å². The van der Waals surface area contributed by atoms with Crippen LogP contribution in [0.3, 0.4) is 0 Å². The number of nitrogens with zero attached hydrogens (tertiary/aromatic N) is 1. The predicted molar refractivity (Wildman–Crippen MR) is 117 cm³/mol. The third-order valence-corrected chi connectivity index (χ3v) is 7.60. The van der Waals surface area contributed by atoms with Crippen LogP contribution in [-0.4, -0.2) is 52.2 Å². The normalized spacial score (nSPS) is 12.1. The van der Waals surface area contributed by atoms with E-state index < -0.39 is 27.0 Å². The second-order valence-electron chi connectivity index (χ2n) is 9.35. The van der Waals surface area contributed by atoms with Crippen LogP contribution in [0.25, 0.3) is 0 Å². The lowest BCUT2D eigenvalue weighted by molar-refractivity contribution is -0.386. The topological polar surface area (TPSA) is 108 Å². The Hall–Kier alpha value is -1.76. The van der Waals surface area contributed by atoms with Gasteiger partial charge in [0, 0.05) is 35.4 Å². The van der Waals surface area contributed by atoms with Gasteiger partial charge >= 0.3 is 5.97 Å². The van der Waals surface area contributed by atoms with Crippen molar-refractivity contribution < 1.29 is 29.0 Å². The van der Waals surface area contributed by atoms with Crippen molar-refractivity contribution in [2.75, 3.05) is 20.0 Å². The molecule has 0 atom stereocenters. The summed E-state index contributed by atoms with van der Waals surface area (Å²) in [5, 5.41) is 20.9. The zero-order valence-electron chi connectivity index (χ0n) is 18.2. The molecule has 1 aromatic carbocycles. The number of hydrogen-bond acceptors (Lipinski definition) is 6. The van der Waals surface area contributed by atoms with E-state index in [1.165, 1.54) is 12.1 Å². The Morgan fingerprint density at radius 2 is 1.59 bits per heavy atom. The zero-order valence-corrected chi connectivity index (χ0v) is 20.2. The number of carboxylic acids is 1. The minimum Gasteiger partial charge on any atom is -0.478 e. The molecule has 164 valence electrons. The van der Waals surface area contributed by atoms with Crippen molar-refractivity contribution in [1.82, 2.24) is 0 Å². The van der Waals surface area contributed by atoms with E-state index in [0.29, 0.717) is 13.2 Å². The summed E-state index contributed by atoms with van der Waals surface area (Å²) in [6.45, 7) is 14.0. The lowest BCUT2D eigenvalue weighted by Gasteiger charge is -2.18. The first-order valence-electron chi connectivity index (χ1n) is 9.64. The minimum atomic E-state index is -1.32. The van der Waals surface area contributed by atoms with Gasteiger partial charge in [-0.05, 0) is 18.2 Å². The molecule has 29 heavy (non-hydrogen) atoms. The molecule has 0 saturated carbocycles. The molecule has 0 fully saturated rings. The Morgan fingerprint density at radius 3 is 2.07 bits per heavy atom. The molecule has 0 amide bonds. The molecule has 0 radical (unpaired) electrons. The van der Waals surface area contributed by atoms with E-state index in [4.69, 9.17) is 14.2 Å². The van der Waals surface area contributed by atoms with Gasteiger partial charge in [0.05, 0.1) is 17.1 Å². The van der Waals surface area contributed by atoms with E-state index in [2.05, 4.69) is 39.3 Å². The summed E-state index contributed by atoms with van der Waals surface area (Å²) in [4.78, 5) is 22.5. The summed E-state index contributed by atoms with van der Waals surface area (Å²) >= 11 is 0. The van der Waals surface area contributed by atoms with Gasteiger partial charge in [0.1, 0.15) is 11.3 Å². The summed E-state index contributed by atoms with van der Waals surface area (Å²) in [6, 6.07) is 4.20. The Labute approximate surface area is 174 Å². The highest BCUT2D eigenvalue weighted by Gasteiger charge is 2.26. The Kier molecular flexibility index (Phi) is 9.47. The predicted octanol–water partition coefficient (Wildman–Crippen LogP) is 4.84. The summed E-state index contributed by atoms with van der Waals surface area (Å²) in [6.07, 6.45) is 0. The van der Waals surface area contributed by atoms with Crippen LogP contribution >= 0.6 is 0 Å². The van der Waals surface area contributed by atoms with Crippen LogP contribution in [0.1, 0.15) is 15.9 Å². The summed E-state index contributed by atoms with van der Waals surface area (Å²) < 4.78 is 16.7. The maximum atomic E-state index is 11.6. The standard InChI is InChI=1S/C19H33NO7Si2/c1-28(2,3)11-9-25-13-16-17(20(23)24)8-7-15(19(21)22)18(16)27-14-26-10-12-29(4,5)6/h7-8H,9-14H2,1-6H3,(H,21,22). The van der Waals surface area contributed by atoms with Crippen molar-refractivity contribution in [3.05, 3.63) is 33.4 Å². The molecular weight excluding hydrogens is 410 g/mol. The van der Waals surface area contributed by atoms with Gasteiger partial charge in [0.15, 0.2) is 6.79 Å². The van der Waals surface area contributed by atoms with E-state index in [1.54, 1.807) is 0 Å². The van der Waals surface area contributed by atoms with E-state index >= 15 is 0 Å². The second-order valence-corrected chi connectivity index (χ2v) is 20.6. The van der Waals surface area contributed by atoms with Gasteiger partial charge in [-0.2, -0.15) is 0 Å². The summed E-state index contributed by atoms with van der Waals surface area (Å²) in [5.74, 6) is -1.28. The fourth-order valence-electron chi connectivity index (χ4n) is 2.35. The van der Waals surface area contributed by atoms with Crippen LogP contribution in [0, 0.1) is 10.1 Å². The van der Waals surface area contributed by atoms with Crippen molar-refractivity contribution in [2.24, 2.45) is 0 Å². The first-order chi connectivity index (χ1) is 13.3. The number of benzene rings is 1. The lowest BCUT2D eigenvalue weighted by Crippen LogP contribution is -2.22. The van der Waals surface area contributed by atoms with E-state index in [1.807, 2.05) is 0 Å². The van der Waals surface area contributed by atoms with Crippen LogP contribution in [0.5, 0.6) is 5.75 Å². The number of ether oxygens (including phenoxy) is 3. The molecule has 1 rings (SSSR count). The van der Waals surface area contributed by atoms with Crippen molar-refractivity contribution in [1.29, 1.82) is 0 Å². The molecule has 0 spiro atoms. The first kappa shape index (κ1) is 25.3. The zero-order chi connectivity index (χ0) is 22.2. The van der Waals surface area contributed by atoms with Crippen LogP contribution < -0.4 is 4.74 Å². The Bertz CT molecular complexity index is 712. The molecule has 0 saturated heterocycles. The van der Waals surface area contributed by atoms with E-state index in [-0.39, 0.29) is 36.0 Å². The molecule has 1 aromatic rings. The highest BCUT2D eigenvalue weighted by Crippen LogP contribution is 2.33. The van der Waals surface area contributed by atoms with Gasteiger partial charge in [-0.3, -0.25) is 10.1 Å². The van der Waals surface area contributed by atoms with Crippen molar-refractivity contribution in [2.45, 2.75) is 58.0 Å². The van der Waals surface area contributed by atoms with Crippen LogP contribution in [0.2, 0.25) is 51.4 Å². The molecule has 0 unspecified atom stereocenters. The third kappa shape index (κ3) is 9.52. The second kappa shape index (κ2) is 10.9. The molecule has 0 aliphatic carbocycles. The number of carbonyl (C=O) groups is 1. The van der Waals surface area contributed by atoms with E-state index in [0.717, 1.165) is 12.1 Å².